The summed E-state index contributed by atoms with van der Waals surface area (Å²) < 4.78 is 0. The van der Waals surface area contributed by atoms with Gasteiger partial charge in [-0.05, 0) is 49.9 Å². The Balaban J connectivity index is 1.40. The number of carbonyl (C=O) groups is 1. The Morgan fingerprint density at radius 1 is 1.12 bits per heavy atom. The number of benzene rings is 2. The van der Waals surface area contributed by atoms with E-state index in [-0.39, 0.29) is 5.91 Å². The Morgan fingerprint density at radius 2 is 1.77 bits per heavy atom. The third-order valence-corrected chi connectivity index (χ3v) is 5.24. The number of nitrogens with zero attached hydrogens (tertiary/aromatic N) is 1. The summed E-state index contributed by atoms with van der Waals surface area (Å²) in [6, 6.07) is 17.9. The summed E-state index contributed by atoms with van der Waals surface area (Å²) >= 11 is 0. The van der Waals surface area contributed by atoms with Gasteiger partial charge in [0.05, 0.1) is 0 Å². The molecule has 4 heteroatoms. The van der Waals surface area contributed by atoms with Crippen molar-refractivity contribution in [3.63, 3.8) is 0 Å². The first-order chi connectivity index (χ1) is 12.6. The zero-order valence-electron chi connectivity index (χ0n) is 15.5. The minimum Gasteiger partial charge on any atom is -0.354 e. The molecule has 4 nitrogen and oxygen atoms in total. The zero-order chi connectivity index (χ0) is 18.4. The maximum atomic E-state index is 12.3. The molecule has 0 aliphatic carbocycles. The number of hydrogen-bond acceptors (Lipinski definition) is 3. The molecule has 1 amide bonds. The quantitative estimate of drug-likeness (QED) is 0.841. The van der Waals surface area contributed by atoms with Crippen LogP contribution in [0.25, 0.3) is 0 Å². The van der Waals surface area contributed by atoms with Gasteiger partial charge in [0.2, 0.25) is 5.91 Å². The second-order valence-electron chi connectivity index (χ2n) is 7.34. The zero-order valence-corrected chi connectivity index (χ0v) is 15.5. The first kappa shape index (κ1) is 18.6. The molecule has 0 aromatic heterocycles. The van der Waals surface area contributed by atoms with E-state index in [0.29, 0.717) is 5.92 Å². The van der Waals surface area contributed by atoms with E-state index in [1.807, 2.05) is 31.2 Å². The van der Waals surface area contributed by atoms with Crippen LogP contribution in [0.5, 0.6) is 0 Å². The van der Waals surface area contributed by atoms with Gasteiger partial charge in [-0.2, -0.15) is 0 Å². The van der Waals surface area contributed by atoms with Crippen LogP contribution in [0.15, 0.2) is 54.6 Å². The summed E-state index contributed by atoms with van der Waals surface area (Å²) in [6.07, 6.45) is 2.24. The molecule has 0 saturated carbocycles. The highest BCUT2D eigenvalue weighted by molar-refractivity contribution is 5.82. The van der Waals surface area contributed by atoms with Gasteiger partial charge in [-0.25, -0.2) is 0 Å². The minimum absolute atomic E-state index is 0.0828. The molecule has 1 atom stereocenters. The van der Waals surface area contributed by atoms with E-state index in [1.54, 1.807) is 0 Å². The van der Waals surface area contributed by atoms with Crippen molar-refractivity contribution >= 4 is 5.91 Å². The van der Waals surface area contributed by atoms with E-state index < -0.39 is 6.04 Å². The molecule has 0 radical (unpaired) electrons. The van der Waals surface area contributed by atoms with Crippen LogP contribution in [0.3, 0.4) is 0 Å². The molecule has 1 saturated heterocycles. The lowest BCUT2D eigenvalue weighted by Gasteiger charge is -2.32. The molecule has 1 aliphatic heterocycles. The Bertz CT molecular complexity index is 691. The van der Waals surface area contributed by atoms with Crippen molar-refractivity contribution in [2.45, 2.75) is 32.4 Å². The van der Waals surface area contributed by atoms with Crippen molar-refractivity contribution in [3.8, 4) is 0 Å². The monoisotopic (exact) mass is 351 g/mol. The van der Waals surface area contributed by atoms with Crippen LogP contribution in [0.4, 0.5) is 0 Å². The Morgan fingerprint density at radius 3 is 2.42 bits per heavy atom. The van der Waals surface area contributed by atoms with E-state index in [1.165, 1.54) is 11.1 Å². The van der Waals surface area contributed by atoms with Gasteiger partial charge in [-0.1, -0.05) is 60.2 Å². The van der Waals surface area contributed by atoms with Crippen molar-refractivity contribution in [1.82, 2.24) is 10.2 Å². The lowest BCUT2D eigenvalue weighted by Crippen LogP contribution is -2.41. The second kappa shape index (κ2) is 8.97. The molecular weight excluding hydrogens is 322 g/mol. The number of carbonyl (C=O) groups excluding carboxylic acids is 1. The molecule has 3 rings (SSSR count). The smallest absolute Gasteiger partial charge is 0.241 e. The minimum atomic E-state index is -0.589. The van der Waals surface area contributed by atoms with E-state index in [0.717, 1.165) is 44.6 Å². The van der Waals surface area contributed by atoms with Gasteiger partial charge in [0, 0.05) is 13.1 Å². The van der Waals surface area contributed by atoms with Crippen LogP contribution in [0, 0.1) is 12.8 Å². The molecule has 0 spiro atoms. The molecule has 26 heavy (non-hydrogen) atoms. The number of likely N-dealkylation sites (tertiary alicyclic amines) is 1. The van der Waals surface area contributed by atoms with E-state index in [9.17, 15) is 4.79 Å². The Kier molecular flexibility index (Phi) is 6.42. The molecule has 1 aliphatic rings. The molecule has 3 N–H and O–H groups in total. The fraction of sp³-hybridized carbons (Fsp3) is 0.409. The Labute approximate surface area is 156 Å². The number of nitrogens with two attached hydrogens (primary N) is 1. The SMILES string of the molecule is Cc1ccc(C(N)C(=O)NCC2CCN(Cc3ccccc3)CC2)cc1. The summed E-state index contributed by atoms with van der Waals surface area (Å²) in [4.78, 5) is 14.8. The third-order valence-electron chi connectivity index (χ3n) is 5.24. The molecular formula is C22H29N3O. The summed E-state index contributed by atoms with van der Waals surface area (Å²) in [5.74, 6) is 0.455. The average Bonchev–Trinajstić information content (AvgIpc) is 2.68. The lowest BCUT2D eigenvalue weighted by molar-refractivity contribution is -0.122. The van der Waals surface area contributed by atoms with Crippen molar-refractivity contribution in [2.24, 2.45) is 11.7 Å². The van der Waals surface area contributed by atoms with Gasteiger partial charge >= 0.3 is 0 Å². The predicted molar refractivity (Wildman–Crippen MR) is 106 cm³/mol. The van der Waals surface area contributed by atoms with E-state index >= 15 is 0 Å². The fourth-order valence-electron chi connectivity index (χ4n) is 3.47. The van der Waals surface area contributed by atoms with Crippen LogP contribution in [0.1, 0.15) is 35.6 Å². The van der Waals surface area contributed by atoms with Crippen molar-refractivity contribution < 1.29 is 4.79 Å². The van der Waals surface area contributed by atoms with Crippen molar-refractivity contribution in [1.29, 1.82) is 0 Å². The summed E-state index contributed by atoms with van der Waals surface area (Å²) in [6.45, 7) is 5.92. The normalized spacial score (nSPS) is 17.0. The number of piperidine rings is 1. The standard InChI is InChI=1S/C22H29N3O/c1-17-7-9-20(10-8-17)21(23)22(26)24-15-18-11-13-25(14-12-18)16-19-5-3-2-4-6-19/h2-10,18,21H,11-16,23H2,1H3,(H,24,26). The van der Waals surface area contributed by atoms with Gasteiger partial charge in [0.1, 0.15) is 6.04 Å². The number of amides is 1. The van der Waals surface area contributed by atoms with Crippen molar-refractivity contribution in [3.05, 3.63) is 71.3 Å². The highest BCUT2D eigenvalue weighted by Gasteiger charge is 2.21. The maximum absolute atomic E-state index is 12.3. The first-order valence-corrected chi connectivity index (χ1v) is 9.48. The van der Waals surface area contributed by atoms with Gasteiger partial charge in [0.25, 0.3) is 0 Å². The number of hydrogen-bond donors (Lipinski definition) is 2. The summed E-state index contributed by atoms with van der Waals surface area (Å²) in [7, 11) is 0. The van der Waals surface area contributed by atoms with E-state index in [4.69, 9.17) is 5.73 Å². The third kappa shape index (κ3) is 5.16. The highest BCUT2D eigenvalue weighted by atomic mass is 16.2. The van der Waals surface area contributed by atoms with E-state index in [2.05, 4.69) is 40.5 Å². The fourth-order valence-corrected chi connectivity index (χ4v) is 3.47. The Hall–Kier alpha value is -2.17. The van der Waals surface area contributed by atoms with Gasteiger partial charge in [0.15, 0.2) is 0 Å². The topological polar surface area (TPSA) is 58.4 Å². The molecule has 2 aromatic rings. The predicted octanol–water partition coefficient (Wildman–Crippen LogP) is 3.02. The van der Waals surface area contributed by atoms with Gasteiger partial charge < -0.3 is 11.1 Å². The number of aryl methyl sites for hydroxylation is 1. The van der Waals surface area contributed by atoms with Crippen LogP contribution >= 0.6 is 0 Å². The molecule has 1 unspecified atom stereocenters. The van der Waals surface area contributed by atoms with Crippen LogP contribution in [-0.2, 0) is 11.3 Å². The molecule has 2 aromatic carbocycles. The highest BCUT2D eigenvalue weighted by Crippen LogP contribution is 2.19. The first-order valence-electron chi connectivity index (χ1n) is 9.48. The molecule has 1 fully saturated rings. The van der Waals surface area contributed by atoms with Gasteiger partial charge in [-0.15, -0.1) is 0 Å². The van der Waals surface area contributed by atoms with Gasteiger partial charge in [-0.3, -0.25) is 9.69 Å². The number of rotatable bonds is 6. The maximum Gasteiger partial charge on any atom is 0.241 e. The molecule has 138 valence electrons. The van der Waals surface area contributed by atoms with Crippen molar-refractivity contribution in [2.75, 3.05) is 19.6 Å². The lowest BCUT2D eigenvalue weighted by atomic mass is 9.96. The van der Waals surface area contributed by atoms with Crippen LogP contribution in [-0.4, -0.2) is 30.4 Å². The van der Waals surface area contributed by atoms with Crippen LogP contribution in [0.2, 0.25) is 0 Å². The average molecular weight is 351 g/mol. The molecule has 1 heterocycles. The van der Waals surface area contributed by atoms with Crippen LogP contribution < -0.4 is 11.1 Å². The molecule has 0 bridgehead atoms. The second-order valence-corrected chi connectivity index (χ2v) is 7.34. The summed E-state index contributed by atoms with van der Waals surface area (Å²) in [5, 5.41) is 3.05. The summed E-state index contributed by atoms with van der Waals surface area (Å²) in [5.41, 5.74) is 9.49. The largest absolute Gasteiger partial charge is 0.354 e. The number of nitrogens with one attached hydrogen (secondary N) is 1.